The second kappa shape index (κ2) is 10.5. The largest absolute Gasteiger partial charge is 0.480 e. The average molecular weight is 558 g/mol. The summed E-state index contributed by atoms with van der Waals surface area (Å²) in [6.45, 7) is 1.73. The Labute approximate surface area is 218 Å². The van der Waals surface area contributed by atoms with E-state index in [1.54, 1.807) is 11.5 Å². The second-order valence-corrected chi connectivity index (χ2v) is 9.64. The van der Waals surface area contributed by atoms with Crippen LogP contribution in [0.5, 0.6) is 0 Å². The molecule has 1 aromatic heterocycles. The van der Waals surface area contributed by atoms with E-state index in [0.717, 1.165) is 5.69 Å². The summed E-state index contributed by atoms with van der Waals surface area (Å²) in [6.07, 6.45) is -9.24. The van der Waals surface area contributed by atoms with Crippen LogP contribution in [0.1, 0.15) is 60.2 Å². The zero-order chi connectivity index (χ0) is 28.7. The Morgan fingerprint density at radius 2 is 1.69 bits per heavy atom. The van der Waals surface area contributed by atoms with Crippen LogP contribution in [0.15, 0.2) is 36.4 Å². The van der Waals surface area contributed by atoms with Crippen LogP contribution >= 0.6 is 0 Å². The molecular weight excluding hydrogens is 533 g/mol. The van der Waals surface area contributed by atoms with E-state index in [0.29, 0.717) is 47.9 Å². The van der Waals surface area contributed by atoms with Crippen molar-refractivity contribution >= 4 is 22.8 Å². The number of aromatic nitrogens is 1. The number of nitrogens with one attached hydrogen (secondary N) is 1. The van der Waals surface area contributed by atoms with Crippen LogP contribution in [0, 0.1) is 5.82 Å². The van der Waals surface area contributed by atoms with Crippen LogP contribution in [0.2, 0.25) is 0 Å². The minimum atomic E-state index is -4.98. The lowest BCUT2D eigenvalue weighted by molar-refractivity contribution is -0.143. The predicted octanol–water partition coefficient (Wildman–Crippen LogP) is 6.46. The zero-order valence-corrected chi connectivity index (χ0v) is 20.7. The summed E-state index contributed by atoms with van der Waals surface area (Å²) in [4.78, 5) is 24.5. The molecule has 2 N–H and O–H groups in total. The highest BCUT2D eigenvalue weighted by Gasteiger charge is 2.37. The van der Waals surface area contributed by atoms with Gasteiger partial charge >= 0.3 is 18.3 Å². The van der Waals surface area contributed by atoms with E-state index in [-0.39, 0.29) is 30.9 Å². The van der Waals surface area contributed by atoms with Gasteiger partial charge in [0.25, 0.3) is 0 Å². The van der Waals surface area contributed by atoms with Gasteiger partial charge in [-0.3, -0.25) is 4.79 Å². The first kappa shape index (κ1) is 28.4. The lowest BCUT2D eigenvalue weighted by atomic mass is 9.91. The number of amides is 1. The number of carbonyl (C=O) groups excluding carboxylic acids is 1. The first-order valence-electron chi connectivity index (χ1n) is 12.3. The van der Waals surface area contributed by atoms with Gasteiger partial charge < -0.3 is 15.0 Å². The van der Waals surface area contributed by atoms with Crippen LogP contribution in [0.25, 0.3) is 10.9 Å². The Balaban J connectivity index is 1.52. The van der Waals surface area contributed by atoms with E-state index in [2.05, 4.69) is 5.32 Å². The van der Waals surface area contributed by atoms with Crippen LogP contribution in [0.4, 0.5) is 30.7 Å². The fourth-order valence-corrected chi connectivity index (χ4v) is 5.23. The Morgan fingerprint density at radius 3 is 2.26 bits per heavy atom. The van der Waals surface area contributed by atoms with E-state index < -0.39 is 53.3 Å². The molecule has 12 heteroatoms. The number of fused-ring (bicyclic) bond motifs is 3. The van der Waals surface area contributed by atoms with Crippen LogP contribution in [0.3, 0.4) is 0 Å². The van der Waals surface area contributed by atoms with Gasteiger partial charge in [-0.25, -0.2) is 9.18 Å². The number of hydrogen-bond donors (Lipinski definition) is 2. The molecule has 1 heterocycles. The fraction of sp³-hybridized carbons (Fsp3) is 0.407. The summed E-state index contributed by atoms with van der Waals surface area (Å²) >= 11 is 0. The van der Waals surface area contributed by atoms with E-state index >= 15 is 0 Å². The molecule has 0 bridgehead atoms. The lowest BCUT2D eigenvalue weighted by Gasteiger charge is -2.26. The third-order valence-corrected chi connectivity index (χ3v) is 7.00. The van der Waals surface area contributed by atoms with Gasteiger partial charge in [-0.1, -0.05) is 6.92 Å². The summed E-state index contributed by atoms with van der Waals surface area (Å²) in [5.41, 5.74) is -1.15. The molecule has 0 saturated carbocycles. The second-order valence-electron chi connectivity index (χ2n) is 9.64. The highest BCUT2D eigenvalue weighted by atomic mass is 19.4. The molecular formula is C27H25F7N2O3. The maximum Gasteiger partial charge on any atom is 0.416 e. The molecule has 0 spiro atoms. The molecule has 39 heavy (non-hydrogen) atoms. The molecule has 4 rings (SSSR count). The molecule has 2 atom stereocenters. The number of aliphatic carboxylic acids is 1. The van der Waals surface area contributed by atoms with Crippen molar-refractivity contribution in [2.75, 3.05) is 0 Å². The zero-order valence-electron chi connectivity index (χ0n) is 20.7. The van der Waals surface area contributed by atoms with Gasteiger partial charge in [0.2, 0.25) is 5.91 Å². The summed E-state index contributed by atoms with van der Waals surface area (Å²) in [6, 6.07) is 4.04. The van der Waals surface area contributed by atoms with Gasteiger partial charge in [-0.05, 0) is 79.6 Å². The third kappa shape index (κ3) is 6.04. The predicted molar refractivity (Wildman–Crippen MR) is 128 cm³/mol. The summed E-state index contributed by atoms with van der Waals surface area (Å²) < 4.78 is 94.5. The monoisotopic (exact) mass is 558 g/mol. The highest BCUT2D eigenvalue weighted by molar-refractivity contribution is 5.88. The minimum Gasteiger partial charge on any atom is -0.480 e. The average Bonchev–Trinajstić information content (AvgIpc) is 3.14. The highest BCUT2D eigenvalue weighted by Crippen LogP contribution is 2.38. The molecule has 1 aliphatic rings. The van der Waals surface area contributed by atoms with E-state index in [1.807, 2.05) is 0 Å². The number of rotatable bonds is 7. The number of carboxylic acids is 1. The Bertz CT molecular complexity index is 1380. The molecule has 5 nitrogen and oxygen atoms in total. The van der Waals surface area contributed by atoms with E-state index in [4.69, 9.17) is 0 Å². The minimum absolute atomic E-state index is 0.0376. The molecule has 0 radical (unpaired) electrons. The van der Waals surface area contributed by atoms with Crippen molar-refractivity contribution in [2.45, 2.75) is 69.9 Å². The van der Waals surface area contributed by atoms with Crippen molar-refractivity contribution < 1.29 is 45.4 Å². The number of carboxylic acid groups (broad SMARTS) is 1. The standard InChI is InChI=1S/C27H25F7N2O3/c1-2-21(25(38)39)36-22-6-4-17(28)12-19(22)20-13-18(5-7-23(20)36)35-24(37)8-3-14-9-15(26(29,30)31)11-16(10-14)27(32,33)34/h4,6,9-12,18,21H,2-3,5,7-8,13H2,1H3,(H,35,37)(H,38,39)/t18-,21?/m0/s1. The van der Waals surface area contributed by atoms with E-state index in [9.17, 15) is 45.4 Å². The van der Waals surface area contributed by atoms with Gasteiger partial charge in [0.15, 0.2) is 0 Å². The quantitative estimate of drug-likeness (QED) is 0.327. The van der Waals surface area contributed by atoms with Crippen molar-refractivity contribution in [3.63, 3.8) is 0 Å². The Kier molecular flexibility index (Phi) is 7.68. The summed E-state index contributed by atoms with van der Waals surface area (Å²) in [7, 11) is 0. The number of nitrogens with zero attached hydrogens (tertiary/aromatic N) is 1. The molecule has 0 fully saturated rings. The van der Waals surface area contributed by atoms with Gasteiger partial charge in [0, 0.05) is 29.1 Å². The van der Waals surface area contributed by atoms with Crippen LogP contribution in [-0.4, -0.2) is 27.6 Å². The molecule has 1 unspecified atom stereocenters. The number of alkyl halides is 6. The lowest BCUT2D eigenvalue weighted by Crippen LogP contribution is -2.39. The number of hydrogen-bond acceptors (Lipinski definition) is 2. The fourth-order valence-electron chi connectivity index (χ4n) is 5.23. The first-order valence-corrected chi connectivity index (χ1v) is 12.3. The maximum absolute atomic E-state index is 14.1. The maximum atomic E-state index is 14.1. The molecule has 1 aliphatic carbocycles. The van der Waals surface area contributed by atoms with Gasteiger partial charge in [0.05, 0.1) is 11.1 Å². The molecule has 0 aliphatic heterocycles. The van der Waals surface area contributed by atoms with Gasteiger partial charge in [0.1, 0.15) is 11.9 Å². The molecule has 210 valence electrons. The summed E-state index contributed by atoms with van der Waals surface area (Å²) in [5.74, 6) is -2.09. The van der Waals surface area contributed by atoms with Crippen molar-refractivity contribution in [1.29, 1.82) is 0 Å². The van der Waals surface area contributed by atoms with Crippen LogP contribution < -0.4 is 5.32 Å². The van der Waals surface area contributed by atoms with Crippen molar-refractivity contribution in [1.82, 2.24) is 9.88 Å². The van der Waals surface area contributed by atoms with Crippen molar-refractivity contribution in [3.8, 4) is 0 Å². The van der Waals surface area contributed by atoms with Gasteiger partial charge in [-0.2, -0.15) is 26.3 Å². The normalized spacial score (nSPS) is 16.7. The number of halogens is 7. The number of benzene rings is 2. The topological polar surface area (TPSA) is 71.3 Å². The number of carbonyl (C=O) groups is 2. The van der Waals surface area contributed by atoms with Crippen molar-refractivity contribution in [2.24, 2.45) is 0 Å². The van der Waals surface area contributed by atoms with Crippen molar-refractivity contribution in [3.05, 3.63) is 70.2 Å². The first-order chi connectivity index (χ1) is 18.2. The summed E-state index contributed by atoms with van der Waals surface area (Å²) in [5, 5.41) is 13.0. The SMILES string of the molecule is CCC(C(=O)O)n1c2c(c3cc(F)ccc31)C[C@@H](NC(=O)CCc1cc(C(F)(F)F)cc(C(F)(F)F)c1)CC2. The smallest absolute Gasteiger partial charge is 0.416 e. The molecule has 1 amide bonds. The van der Waals surface area contributed by atoms with E-state index in [1.165, 1.54) is 18.2 Å². The molecule has 3 aromatic rings. The Morgan fingerprint density at radius 1 is 1.05 bits per heavy atom. The van der Waals surface area contributed by atoms with Gasteiger partial charge in [-0.15, -0.1) is 0 Å². The Hall–Kier alpha value is -3.57. The number of aryl methyl sites for hydroxylation is 1. The van der Waals surface area contributed by atoms with Crippen LogP contribution in [-0.2, 0) is 41.2 Å². The third-order valence-electron chi connectivity index (χ3n) is 7.00. The molecule has 2 aromatic carbocycles. The molecule has 0 saturated heterocycles.